The first-order valence-corrected chi connectivity index (χ1v) is 8.37. The Morgan fingerprint density at radius 1 is 1.16 bits per heavy atom. The van der Waals surface area contributed by atoms with Gasteiger partial charge in [-0.2, -0.15) is 0 Å². The topological polar surface area (TPSA) is 95.2 Å². The molecular formula is C18H19N5O2. The van der Waals surface area contributed by atoms with E-state index in [4.69, 9.17) is 0 Å². The number of carbonyl (C=O) groups excluding carboxylic acids is 2. The largest absolute Gasteiger partial charge is 0.355 e. The zero-order valence-electron chi connectivity index (χ0n) is 13.6. The Balaban J connectivity index is 1.43. The molecule has 128 valence electrons. The van der Waals surface area contributed by atoms with Gasteiger partial charge in [-0.15, -0.1) is 0 Å². The number of pyridine rings is 1. The van der Waals surface area contributed by atoms with Gasteiger partial charge in [-0.1, -0.05) is 0 Å². The van der Waals surface area contributed by atoms with Gasteiger partial charge in [0.15, 0.2) is 0 Å². The van der Waals surface area contributed by atoms with Crippen molar-refractivity contribution in [1.82, 2.24) is 10.3 Å². The number of nitrogens with zero attached hydrogens (tertiary/aromatic N) is 1. The van der Waals surface area contributed by atoms with Gasteiger partial charge in [0, 0.05) is 35.2 Å². The zero-order chi connectivity index (χ0) is 17.2. The lowest BCUT2D eigenvalue weighted by Crippen LogP contribution is -2.34. The maximum atomic E-state index is 11.9. The Morgan fingerprint density at radius 3 is 2.68 bits per heavy atom. The lowest BCUT2D eigenvalue weighted by Gasteiger charge is -2.20. The molecule has 7 nitrogen and oxygen atoms in total. The van der Waals surface area contributed by atoms with Gasteiger partial charge in [0.1, 0.15) is 5.82 Å². The minimum Gasteiger partial charge on any atom is -0.355 e. The number of aromatic nitrogens is 1. The summed E-state index contributed by atoms with van der Waals surface area (Å²) in [5.41, 5.74) is 3.47. The summed E-state index contributed by atoms with van der Waals surface area (Å²) in [6.07, 6.45) is 4.60. The van der Waals surface area contributed by atoms with E-state index in [9.17, 15) is 9.59 Å². The van der Waals surface area contributed by atoms with E-state index in [1.807, 2.05) is 30.3 Å². The third-order valence-corrected chi connectivity index (χ3v) is 4.33. The van der Waals surface area contributed by atoms with Crippen LogP contribution in [0.3, 0.4) is 0 Å². The molecule has 1 fully saturated rings. The SMILES string of the molecule is O=C(CC1CC1)Nc1ccc(Nc2ccnc3c2CNC(=O)N3)cc1. The summed E-state index contributed by atoms with van der Waals surface area (Å²) in [5.74, 6) is 1.22. The molecule has 2 aliphatic rings. The molecule has 1 saturated carbocycles. The first-order valence-electron chi connectivity index (χ1n) is 8.37. The predicted octanol–water partition coefficient (Wildman–Crippen LogP) is 3.20. The summed E-state index contributed by atoms with van der Waals surface area (Å²) >= 11 is 0. The lowest BCUT2D eigenvalue weighted by atomic mass is 10.1. The molecule has 1 aromatic heterocycles. The summed E-state index contributed by atoms with van der Waals surface area (Å²) in [6, 6.07) is 9.19. The van der Waals surface area contributed by atoms with Crippen LogP contribution >= 0.6 is 0 Å². The average Bonchev–Trinajstić information content (AvgIpc) is 3.40. The predicted molar refractivity (Wildman–Crippen MR) is 95.8 cm³/mol. The van der Waals surface area contributed by atoms with E-state index >= 15 is 0 Å². The number of hydrogen-bond donors (Lipinski definition) is 4. The Labute approximate surface area is 145 Å². The van der Waals surface area contributed by atoms with E-state index in [2.05, 4.69) is 26.3 Å². The molecule has 0 unspecified atom stereocenters. The number of hydrogen-bond acceptors (Lipinski definition) is 4. The van der Waals surface area contributed by atoms with Crippen molar-refractivity contribution in [3.8, 4) is 0 Å². The van der Waals surface area contributed by atoms with E-state index in [-0.39, 0.29) is 11.9 Å². The highest BCUT2D eigenvalue weighted by molar-refractivity contribution is 5.93. The molecule has 0 bridgehead atoms. The van der Waals surface area contributed by atoms with Crippen LogP contribution < -0.4 is 21.3 Å². The van der Waals surface area contributed by atoms with E-state index in [0.29, 0.717) is 24.7 Å². The van der Waals surface area contributed by atoms with Gasteiger partial charge < -0.3 is 16.0 Å². The van der Waals surface area contributed by atoms with Crippen LogP contribution in [0.5, 0.6) is 0 Å². The van der Waals surface area contributed by atoms with Crippen LogP contribution in [0.4, 0.5) is 27.7 Å². The van der Waals surface area contributed by atoms with Crippen LogP contribution in [0.25, 0.3) is 0 Å². The first-order chi connectivity index (χ1) is 12.2. The number of amides is 3. The summed E-state index contributed by atoms with van der Waals surface area (Å²) in [4.78, 5) is 27.4. The first kappa shape index (κ1) is 15.4. The number of rotatable bonds is 5. The van der Waals surface area contributed by atoms with Gasteiger partial charge in [0.25, 0.3) is 0 Å². The molecule has 3 amide bonds. The maximum Gasteiger partial charge on any atom is 0.320 e. The van der Waals surface area contributed by atoms with Crippen molar-refractivity contribution >= 4 is 34.8 Å². The fraction of sp³-hybridized carbons (Fsp3) is 0.278. The van der Waals surface area contributed by atoms with E-state index in [1.54, 1.807) is 6.20 Å². The zero-order valence-corrected chi connectivity index (χ0v) is 13.6. The third kappa shape index (κ3) is 3.71. The highest BCUT2D eigenvalue weighted by Gasteiger charge is 2.24. The van der Waals surface area contributed by atoms with Gasteiger partial charge in [-0.05, 0) is 49.1 Å². The summed E-state index contributed by atoms with van der Waals surface area (Å²) in [5, 5.41) is 11.7. The number of benzene rings is 1. The fourth-order valence-electron chi connectivity index (χ4n) is 2.81. The minimum atomic E-state index is -0.247. The molecule has 0 radical (unpaired) electrons. The second kappa shape index (κ2) is 6.43. The van der Waals surface area contributed by atoms with Crippen molar-refractivity contribution in [3.05, 3.63) is 42.1 Å². The normalized spacial score (nSPS) is 15.6. The average molecular weight is 337 g/mol. The van der Waals surface area contributed by atoms with Crippen LogP contribution in [-0.4, -0.2) is 16.9 Å². The third-order valence-electron chi connectivity index (χ3n) is 4.33. The molecule has 0 spiro atoms. The molecule has 4 rings (SSSR count). The van der Waals surface area contributed by atoms with Crippen molar-refractivity contribution in [2.45, 2.75) is 25.8 Å². The van der Waals surface area contributed by atoms with Crippen molar-refractivity contribution in [1.29, 1.82) is 0 Å². The van der Waals surface area contributed by atoms with Gasteiger partial charge in [0.05, 0.1) is 6.54 Å². The minimum absolute atomic E-state index is 0.0771. The molecular weight excluding hydrogens is 318 g/mol. The van der Waals surface area contributed by atoms with Crippen LogP contribution in [0.1, 0.15) is 24.8 Å². The molecule has 1 aliphatic carbocycles. The van der Waals surface area contributed by atoms with E-state index in [1.165, 1.54) is 12.8 Å². The summed E-state index contributed by atoms with van der Waals surface area (Å²) in [7, 11) is 0. The van der Waals surface area contributed by atoms with Crippen molar-refractivity contribution in [2.75, 3.05) is 16.0 Å². The molecule has 7 heteroatoms. The maximum absolute atomic E-state index is 11.9. The Morgan fingerprint density at radius 2 is 1.92 bits per heavy atom. The Hall–Kier alpha value is -3.09. The van der Waals surface area contributed by atoms with Crippen molar-refractivity contribution in [3.63, 3.8) is 0 Å². The second-order valence-corrected chi connectivity index (χ2v) is 6.39. The van der Waals surface area contributed by atoms with Gasteiger partial charge >= 0.3 is 6.03 Å². The quantitative estimate of drug-likeness (QED) is 0.674. The molecule has 1 aliphatic heterocycles. The molecule has 25 heavy (non-hydrogen) atoms. The lowest BCUT2D eigenvalue weighted by molar-refractivity contribution is -0.116. The smallest absolute Gasteiger partial charge is 0.320 e. The molecule has 0 saturated heterocycles. The van der Waals surface area contributed by atoms with E-state index < -0.39 is 0 Å². The monoisotopic (exact) mass is 337 g/mol. The molecule has 2 heterocycles. The molecule has 1 aromatic carbocycles. The van der Waals surface area contributed by atoms with E-state index in [0.717, 1.165) is 22.6 Å². The van der Waals surface area contributed by atoms with Gasteiger partial charge in [-0.25, -0.2) is 9.78 Å². The van der Waals surface area contributed by atoms with Crippen molar-refractivity contribution in [2.24, 2.45) is 5.92 Å². The van der Waals surface area contributed by atoms with Gasteiger partial charge in [-0.3, -0.25) is 10.1 Å². The van der Waals surface area contributed by atoms with Gasteiger partial charge in [0.2, 0.25) is 5.91 Å². The Bertz CT molecular complexity index is 815. The Kier molecular flexibility index (Phi) is 3.97. The summed E-state index contributed by atoms with van der Waals surface area (Å²) < 4.78 is 0. The van der Waals surface area contributed by atoms with Crippen LogP contribution in [0.15, 0.2) is 36.5 Å². The number of carbonyl (C=O) groups is 2. The summed E-state index contributed by atoms with van der Waals surface area (Å²) in [6.45, 7) is 0.423. The standard InChI is InChI=1S/C18H19N5O2/c24-16(9-11-1-2-11)22-13-5-3-12(4-6-13)21-15-7-8-19-17-14(15)10-20-18(25)23-17/h3-8,11H,1-2,9-10H2,(H,22,24)(H3,19,20,21,23,25). The molecule has 4 N–H and O–H groups in total. The highest BCUT2D eigenvalue weighted by Crippen LogP contribution is 2.32. The second-order valence-electron chi connectivity index (χ2n) is 6.39. The highest BCUT2D eigenvalue weighted by atomic mass is 16.2. The molecule has 2 aromatic rings. The fourth-order valence-corrected chi connectivity index (χ4v) is 2.81. The number of fused-ring (bicyclic) bond motifs is 1. The molecule has 0 atom stereocenters. The van der Waals surface area contributed by atoms with Crippen LogP contribution in [0, 0.1) is 5.92 Å². The van der Waals surface area contributed by atoms with Crippen molar-refractivity contribution < 1.29 is 9.59 Å². The number of urea groups is 1. The number of nitrogens with one attached hydrogen (secondary N) is 4. The van der Waals surface area contributed by atoms with Crippen LogP contribution in [-0.2, 0) is 11.3 Å². The van der Waals surface area contributed by atoms with Crippen LogP contribution in [0.2, 0.25) is 0 Å². The number of anilines is 4.